The Labute approximate surface area is 352 Å². The molecule has 0 aliphatic rings. The maximum absolute atomic E-state index is 6.02. The van der Waals surface area contributed by atoms with E-state index in [1.165, 1.54) is 0 Å². The largest absolute Gasteiger partial charge is 0.368 e. The molecule has 0 aliphatic carbocycles. The first-order valence-corrected chi connectivity index (χ1v) is 21.1. The van der Waals surface area contributed by atoms with E-state index in [1.807, 2.05) is 59.7 Å². The Morgan fingerprint density at radius 2 is 0.912 bits per heavy atom. The van der Waals surface area contributed by atoms with E-state index in [0.29, 0.717) is 69.1 Å². The van der Waals surface area contributed by atoms with Gasteiger partial charge in [0.05, 0.1) is 19.6 Å². The lowest BCUT2D eigenvalue weighted by Crippen LogP contribution is -2.43. The molecule has 0 amide bonds. The van der Waals surface area contributed by atoms with Crippen LogP contribution in [0.3, 0.4) is 0 Å². The summed E-state index contributed by atoms with van der Waals surface area (Å²) in [5.74, 6) is -1.65. The molecule has 0 fully saturated rings. The Bertz CT molecular complexity index is 1460. The topological polar surface area (TPSA) is 156 Å². The lowest BCUT2D eigenvalue weighted by molar-refractivity contribution is -0.239. The second-order valence-electron chi connectivity index (χ2n) is 12.9. The summed E-state index contributed by atoms with van der Waals surface area (Å²) in [6.45, 7) is 26.7. The van der Waals surface area contributed by atoms with Crippen LogP contribution in [0.25, 0.3) is 0 Å². The number of ether oxygens (including phenoxy) is 6. The molecule has 13 nitrogen and oxygen atoms in total. The van der Waals surface area contributed by atoms with Gasteiger partial charge in [0.25, 0.3) is 0 Å². The quantitative estimate of drug-likeness (QED) is 0.0351. The van der Waals surface area contributed by atoms with Crippen LogP contribution in [0.15, 0.2) is 55.0 Å². The third-order valence-corrected chi connectivity index (χ3v) is 8.49. The van der Waals surface area contributed by atoms with Gasteiger partial charge in [-0.3, -0.25) is 0 Å². The van der Waals surface area contributed by atoms with E-state index in [1.54, 1.807) is 36.8 Å². The van der Waals surface area contributed by atoms with E-state index >= 15 is 0 Å². The molecule has 57 heavy (non-hydrogen) atoms. The van der Waals surface area contributed by atoms with E-state index < -0.39 is 17.4 Å². The van der Waals surface area contributed by atoms with Crippen molar-refractivity contribution in [2.45, 2.75) is 105 Å². The molecule has 0 atom stereocenters. The van der Waals surface area contributed by atoms with Gasteiger partial charge in [-0.1, -0.05) is 37.0 Å². The van der Waals surface area contributed by atoms with Crippen LogP contribution in [0, 0.1) is 0 Å². The number of nitrogens with two attached hydrogens (primary N) is 1. The number of anilines is 1. The van der Waals surface area contributed by atoms with Crippen LogP contribution in [0.1, 0.15) is 98.8 Å². The fraction of sp³-hybridized carbons (Fsp3) is 0.643. The fourth-order valence-electron chi connectivity index (χ4n) is 5.85. The van der Waals surface area contributed by atoms with Crippen molar-refractivity contribution < 1.29 is 28.4 Å². The van der Waals surface area contributed by atoms with Crippen LogP contribution in [0.4, 0.5) is 5.82 Å². The van der Waals surface area contributed by atoms with Gasteiger partial charge in [0, 0.05) is 81.0 Å². The van der Waals surface area contributed by atoms with Crippen LogP contribution in [-0.2, 0) is 45.8 Å². The van der Waals surface area contributed by atoms with E-state index in [2.05, 4.69) is 58.6 Å². The number of pyridine rings is 3. The minimum atomic E-state index is -0.921. The molecule has 0 radical (unpaired) electrons. The summed E-state index contributed by atoms with van der Waals surface area (Å²) in [4.78, 5) is 12.3. The minimum Gasteiger partial charge on any atom is -0.368 e. The number of hydrogen-bond acceptors (Lipinski definition) is 13. The predicted molar refractivity (Wildman–Crippen MR) is 232 cm³/mol. The number of rotatable bonds is 26. The molecule has 3 aromatic rings. The molecule has 0 bridgehead atoms. The Kier molecular flexibility index (Phi) is 27.3. The smallest absolute Gasteiger partial charge is 0.207 e. The predicted octanol–water partition coefficient (Wildman–Crippen LogP) is 8.01. The molecular weight excluding hydrogens is 769 g/mol. The molecule has 3 heterocycles. The standard InChI is InChI=1S/C17H31N3O2.C14H23ClN2O2.C11H17ClN2O2/c1-6-10-18-13-17(21-7-2,22-8-3)15-9-11-19-16(12-15)20-14(4)5;1-4-8-16-11-14(18-5-2,19-6-3)12-7-9-17-13(15)10-12;1-3-15-11(8-13,16-4-2)9-5-6-14-10(12)7-9/h9,11-12,14,18H,6-8,10,13H2,1-5H3,(H,19,20);7,9-10,16H,4-6,8,11H2,1-3H3;5-7H,3-4,8,13H2,1-2H3. The molecule has 0 spiro atoms. The highest BCUT2D eigenvalue weighted by atomic mass is 35.5. The Balaban J connectivity index is 0.000000433. The maximum Gasteiger partial charge on any atom is 0.207 e. The minimum absolute atomic E-state index is 0.231. The Morgan fingerprint density at radius 1 is 0.561 bits per heavy atom. The molecule has 15 heteroatoms. The highest BCUT2D eigenvalue weighted by molar-refractivity contribution is 6.29. The Morgan fingerprint density at radius 3 is 1.25 bits per heavy atom. The van der Waals surface area contributed by atoms with E-state index in [4.69, 9.17) is 57.4 Å². The van der Waals surface area contributed by atoms with Gasteiger partial charge in [0.2, 0.25) is 17.4 Å². The van der Waals surface area contributed by atoms with Crippen LogP contribution < -0.4 is 21.7 Å². The third kappa shape index (κ3) is 18.1. The molecule has 5 N–H and O–H groups in total. The average molecular weight is 841 g/mol. The van der Waals surface area contributed by atoms with Crippen LogP contribution in [0.5, 0.6) is 0 Å². The van der Waals surface area contributed by atoms with Gasteiger partial charge in [-0.2, -0.15) is 0 Å². The van der Waals surface area contributed by atoms with Gasteiger partial charge in [-0.05, 0) is 118 Å². The van der Waals surface area contributed by atoms with Crippen molar-refractivity contribution in [1.29, 1.82) is 0 Å². The normalized spacial score (nSPS) is 11.8. The first-order valence-electron chi connectivity index (χ1n) is 20.4. The summed E-state index contributed by atoms with van der Waals surface area (Å²) in [6, 6.07) is 11.5. The number of halogens is 2. The molecule has 3 rings (SSSR count). The highest BCUT2D eigenvalue weighted by Crippen LogP contribution is 2.30. The molecular formula is C42H71Cl2N7O6. The first-order chi connectivity index (χ1) is 27.4. The number of aromatic nitrogens is 3. The van der Waals surface area contributed by atoms with Gasteiger partial charge in [0.1, 0.15) is 16.1 Å². The highest BCUT2D eigenvalue weighted by Gasteiger charge is 2.35. The van der Waals surface area contributed by atoms with Crippen molar-refractivity contribution in [3.63, 3.8) is 0 Å². The Hall–Kier alpha value is -2.53. The van der Waals surface area contributed by atoms with Gasteiger partial charge >= 0.3 is 0 Å². The zero-order valence-corrected chi connectivity index (χ0v) is 37.6. The van der Waals surface area contributed by atoms with Crippen molar-refractivity contribution in [1.82, 2.24) is 25.6 Å². The lowest BCUT2D eigenvalue weighted by Gasteiger charge is -2.34. The zero-order chi connectivity index (χ0) is 42.6. The summed E-state index contributed by atoms with van der Waals surface area (Å²) in [7, 11) is 0. The maximum atomic E-state index is 6.02. The van der Waals surface area contributed by atoms with Gasteiger partial charge in [0.15, 0.2) is 0 Å². The second-order valence-corrected chi connectivity index (χ2v) is 13.7. The number of nitrogens with zero attached hydrogens (tertiary/aromatic N) is 3. The van der Waals surface area contributed by atoms with E-state index in [9.17, 15) is 0 Å². The second kappa shape index (κ2) is 29.6. The van der Waals surface area contributed by atoms with Crippen molar-refractivity contribution in [2.24, 2.45) is 5.73 Å². The summed E-state index contributed by atoms with van der Waals surface area (Å²) in [5.41, 5.74) is 8.41. The van der Waals surface area contributed by atoms with E-state index in [-0.39, 0.29) is 6.54 Å². The van der Waals surface area contributed by atoms with Crippen LogP contribution >= 0.6 is 23.2 Å². The number of hydrogen-bond donors (Lipinski definition) is 4. The molecule has 324 valence electrons. The summed E-state index contributed by atoms with van der Waals surface area (Å²) < 4.78 is 35.1. The van der Waals surface area contributed by atoms with Crippen molar-refractivity contribution in [3.8, 4) is 0 Å². The van der Waals surface area contributed by atoms with Crippen LogP contribution in [-0.4, -0.2) is 93.4 Å². The molecule has 0 aromatic carbocycles. The van der Waals surface area contributed by atoms with Crippen molar-refractivity contribution in [3.05, 3.63) is 82.0 Å². The van der Waals surface area contributed by atoms with Gasteiger partial charge < -0.3 is 50.1 Å². The van der Waals surface area contributed by atoms with Crippen LogP contribution in [0.2, 0.25) is 10.3 Å². The zero-order valence-electron chi connectivity index (χ0n) is 36.1. The average Bonchev–Trinajstić information content (AvgIpc) is 3.18. The van der Waals surface area contributed by atoms with Gasteiger partial charge in [-0.15, -0.1) is 0 Å². The number of nitrogens with one attached hydrogen (secondary N) is 3. The molecule has 0 unspecified atom stereocenters. The van der Waals surface area contributed by atoms with Crippen molar-refractivity contribution >= 4 is 29.0 Å². The molecule has 0 saturated heterocycles. The van der Waals surface area contributed by atoms with Gasteiger partial charge in [-0.25, -0.2) is 15.0 Å². The third-order valence-electron chi connectivity index (χ3n) is 8.07. The summed E-state index contributed by atoms with van der Waals surface area (Å²) in [5, 5.41) is 10.9. The van der Waals surface area contributed by atoms with E-state index in [0.717, 1.165) is 48.4 Å². The lowest BCUT2D eigenvalue weighted by atomic mass is 10.1. The molecule has 0 saturated carbocycles. The molecule has 3 aromatic heterocycles. The molecule has 0 aliphatic heterocycles. The fourth-order valence-corrected chi connectivity index (χ4v) is 6.20. The van der Waals surface area contributed by atoms with Crippen molar-refractivity contribution in [2.75, 3.05) is 77.7 Å². The summed E-state index contributed by atoms with van der Waals surface area (Å²) in [6.07, 6.45) is 7.22. The monoisotopic (exact) mass is 839 g/mol. The summed E-state index contributed by atoms with van der Waals surface area (Å²) >= 11 is 11.8. The first kappa shape index (κ1) is 52.5. The SMILES string of the molecule is CCCNCC(OCC)(OCC)c1ccnc(Cl)c1.CCCNCC(OCC)(OCC)c1ccnc(NC(C)C)c1.CCOC(CN)(OCC)c1ccnc(Cl)c1.